The third kappa shape index (κ3) is 3.74. The van der Waals surface area contributed by atoms with Crippen molar-refractivity contribution in [2.24, 2.45) is 0 Å². The number of rotatable bonds is 6. The Morgan fingerprint density at radius 3 is 2.55 bits per heavy atom. The number of carbonyl (C=O) groups excluding carboxylic acids is 1. The molecule has 106 valence electrons. The second-order valence-electron chi connectivity index (χ2n) is 5.01. The Bertz CT molecular complexity index is 574. The van der Waals surface area contributed by atoms with Gasteiger partial charge in [0.1, 0.15) is 0 Å². The molecule has 0 radical (unpaired) electrons. The van der Waals surface area contributed by atoms with Crippen LogP contribution in [0, 0.1) is 6.92 Å². The Hall–Kier alpha value is -1.52. The molecule has 0 aliphatic rings. The van der Waals surface area contributed by atoms with Crippen molar-refractivity contribution in [3.05, 3.63) is 51.5 Å². The molecule has 0 unspecified atom stereocenters. The standard InChI is InChI=1S/C16H20N2OS/c1-4-13-5-7-14(8-6-13)15(19)9-18(3)10-16-12(2)17-11-20-16/h5-8,11H,4,9-10H2,1-3H3. The third-order valence-electron chi connectivity index (χ3n) is 3.36. The molecule has 2 rings (SSSR count). The highest BCUT2D eigenvalue weighted by atomic mass is 32.1. The smallest absolute Gasteiger partial charge is 0.176 e. The van der Waals surface area contributed by atoms with Crippen LogP contribution in [0.2, 0.25) is 0 Å². The normalized spacial score (nSPS) is 11.0. The molecule has 2 aromatic rings. The summed E-state index contributed by atoms with van der Waals surface area (Å²) in [6.45, 7) is 5.32. The van der Waals surface area contributed by atoms with Crippen molar-refractivity contribution in [1.29, 1.82) is 0 Å². The molecular formula is C16H20N2OS. The number of nitrogens with zero attached hydrogens (tertiary/aromatic N) is 2. The van der Waals surface area contributed by atoms with Crippen LogP contribution in [-0.2, 0) is 13.0 Å². The molecule has 0 amide bonds. The van der Waals surface area contributed by atoms with E-state index in [0.717, 1.165) is 24.2 Å². The minimum Gasteiger partial charge on any atom is -0.294 e. The zero-order valence-electron chi connectivity index (χ0n) is 12.2. The predicted molar refractivity (Wildman–Crippen MR) is 83.3 cm³/mol. The number of aryl methyl sites for hydroxylation is 2. The maximum absolute atomic E-state index is 12.2. The van der Waals surface area contributed by atoms with Gasteiger partial charge in [-0.25, -0.2) is 4.98 Å². The van der Waals surface area contributed by atoms with Crippen LogP contribution < -0.4 is 0 Å². The fourth-order valence-corrected chi connectivity index (χ4v) is 2.90. The minimum atomic E-state index is 0.164. The lowest BCUT2D eigenvalue weighted by Gasteiger charge is -2.15. The molecule has 4 heteroatoms. The predicted octanol–water partition coefficient (Wildman–Crippen LogP) is 3.33. The van der Waals surface area contributed by atoms with Crippen LogP contribution in [0.3, 0.4) is 0 Å². The molecule has 0 atom stereocenters. The Morgan fingerprint density at radius 2 is 2.00 bits per heavy atom. The molecule has 20 heavy (non-hydrogen) atoms. The Kier molecular flexibility index (Phi) is 5.04. The molecule has 0 fully saturated rings. The lowest BCUT2D eigenvalue weighted by atomic mass is 10.1. The molecule has 1 heterocycles. The third-order valence-corrected chi connectivity index (χ3v) is 4.28. The second-order valence-corrected chi connectivity index (χ2v) is 5.95. The van der Waals surface area contributed by atoms with Crippen LogP contribution in [0.4, 0.5) is 0 Å². The van der Waals surface area contributed by atoms with Crippen LogP contribution in [-0.4, -0.2) is 29.3 Å². The van der Waals surface area contributed by atoms with Gasteiger partial charge in [0, 0.05) is 17.0 Å². The summed E-state index contributed by atoms with van der Waals surface area (Å²) < 4.78 is 0. The first-order valence-corrected chi connectivity index (χ1v) is 7.67. The van der Waals surface area contributed by atoms with Crippen molar-refractivity contribution in [2.75, 3.05) is 13.6 Å². The Labute approximate surface area is 124 Å². The van der Waals surface area contributed by atoms with E-state index in [0.29, 0.717) is 6.54 Å². The van der Waals surface area contributed by atoms with E-state index in [-0.39, 0.29) is 5.78 Å². The molecule has 0 bridgehead atoms. The van der Waals surface area contributed by atoms with E-state index in [1.54, 1.807) is 11.3 Å². The van der Waals surface area contributed by atoms with Crippen molar-refractivity contribution in [3.8, 4) is 0 Å². The summed E-state index contributed by atoms with van der Waals surface area (Å²) >= 11 is 1.64. The first kappa shape index (κ1) is 14.9. The molecule has 0 spiro atoms. The van der Waals surface area contributed by atoms with Crippen LogP contribution >= 0.6 is 11.3 Å². The SMILES string of the molecule is CCc1ccc(C(=O)CN(C)Cc2scnc2C)cc1. The quantitative estimate of drug-likeness (QED) is 0.764. The van der Waals surface area contributed by atoms with Gasteiger partial charge in [-0.1, -0.05) is 31.2 Å². The van der Waals surface area contributed by atoms with Gasteiger partial charge in [-0.05, 0) is 26.0 Å². The van der Waals surface area contributed by atoms with Gasteiger partial charge < -0.3 is 0 Å². The fourth-order valence-electron chi connectivity index (χ4n) is 2.04. The zero-order valence-corrected chi connectivity index (χ0v) is 13.0. The van der Waals surface area contributed by atoms with Gasteiger partial charge in [0.15, 0.2) is 5.78 Å². The molecule has 0 aliphatic heterocycles. The van der Waals surface area contributed by atoms with Crippen LogP contribution in [0.1, 0.15) is 33.4 Å². The molecule has 1 aromatic heterocycles. The van der Waals surface area contributed by atoms with Gasteiger partial charge in [-0.3, -0.25) is 9.69 Å². The van der Waals surface area contributed by atoms with Crippen LogP contribution in [0.5, 0.6) is 0 Å². The lowest BCUT2D eigenvalue weighted by Crippen LogP contribution is -2.25. The maximum atomic E-state index is 12.2. The van der Waals surface area contributed by atoms with Crippen LogP contribution in [0.15, 0.2) is 29.8 Å². The number of thiazole rings is 1. The average Bonchev–Trinajstić information content (AvgIpc) is 2.84. The van der Waals surface area contributed by atoms with Gasteiger partial charge in [-0.15, -0.1) is 11.3 Å². The number of ketones is 1. The van der Waals surface area contributed by atoms with E-state index in [1.807, 2.05) is 48.6 Å². The first-order valence-electron chi connectivity index (χ1n) is 6.79. The molecule has 1 aromatic carbocycles. The number of likely N-dealkylation sites (N-methyl/N-ethyl adjacent to an activating group) is 1. The van der Waals surface area contributed by atoms with Crippen molar-refractivity contribution in [1.82, 2.24) is 9.88 Å². The summed E-state index contributed by atoms with van der Waals surface area (Å²) in [5.74, 6) is 0.164. The second kappa shape index (κ2) is 6.77. The lowest BCUT2D eigenvalue weighted by molar-refractivity contribution is 0.0943. The van der Waals surface area contributed by atoms with E-state index >= 15 is 0 Å². The highest BCUT2D eigenvalue weighted by Gasteiger charge is 2.11. The number of benzene rings is 1. The van der Waals surface area contributed by atoms with Crippen LogP contribution in [0.25, 0.3) is 0 Å². The largest absolute Gasteiger partial charge is 0.294 e. The molecule has 0 N–H and O–H groups in total. The van der Waals surface area contributed by atoms with E-state index in [9.17, 15) is 4.79 Å². The molecular weight excluding hydrogens is 268 g/mol. The summed E-state index contributed by atoms with van der Waals surface area (Å²) in [6.07, 6.45) is 0.999. The van der Waals surface area contributed by atoms with E-state index in [4.69, 9.17) is 0 Å². The highest BCUT2D eigenvalue weighted by molar-refractivity contribution is 7.09. The number of hydrogen-bond donors (Lipinski definition) is 0. The summed E-state index contributed by atoms with van der Waals surface area (Å²) in [5, 5.41) is 0. The zero-order chi connectivity index (χ0) is 14.5. The molecule has 0 saturated heterocycles. The molecule has 0 saturated carbocycles. The monoisotopic (exact) mass is 288 g/mol. The molecule has 3 nitrogen and oxygen atoms in total. The van der Waals surface area contributed by atoms with Crippen molar-refractivity contribution in [3.63, 3.8) is 0 Å². The number of aromatic nitrogens is 1. The minimum absolute atomic E-state index is 0.164. The number of Topliss-reactive ketones (excluding diaryl/α,β-unsaturated/α-hetero) is 1. The van der Waals surface area contributed by atoms with Gasteiger partial charge in [-0.2, -0.15) is 0 Å². The summed E-state index contributed by atoms with van der Waals surface area (Å²) in [5.41, 5.74) is 4.95. The van der Waals surface area contributed by atoms with E-state index in [1.165, 1.54) is 10.4 Å². The Balaban J connectivity index is 1.94. The Morgan fingerprint density at radius 1 is 1.30 bits per heavy atom. The van der Waals surface area contributed by atoms with Gasteiger partial charge >= 0.3 is 0 Å². The summed E-state index contributed by atoms with van der Waals surface area (Å²) in [6, 6.07) is 7.90. The van der Waals surface area contributed by atoms with Gasteiger partial charge in [0.25, 0.3) is 0 Å². The topological polar surface area (TPSA) is 33.2 Å². The van der Waals surface area contributed by atoms with E-state index < -0.39 is 0 Å². The van der Waals surface area contributed by atoms with E-state index in [2.05, 4.69) is 11.9 Å². The average molecular weight is 288 g/mol. The summed E-state index contributed by atoms with van der Waals surface area (Å²) in [4.78, 5) is 19.7. The van der Waals surface area contributed by atoms with Crippen molar-refractivity contribution in [2.45, 2.75) is 26.8 Å². The highest BCUT2D eigenvalue weighted by Crippen LogP contribution is 2.14. The number of carbonyl (C=O) groups is 1. The van der Waals surface area contributed by atoms with Gasteiger partial charge in [0.2, 0.25) is 0 Å². The first-order chi connectivity index (χ1) is 9.60. The fraction of sp³-hybridized carbons (Fsp3) is 0.375. The number of hydrogen-bond acceptors (Lipinski definition) is 4. The maximum Gasteiger partial charge on any atom is 0.176 e. The van der Waals surface area contributed by atoms with Crippen molar-refractivity contribution >= 4 is 17.1 Å². The van der Waals surface area contributed by atoms with Crippen molar-refractivity contribution < 1.29 is 4.79 Å². The van der Waals surface area contributed by atoms with Gasteiger partial charge in [0.05, 0.1) is 17.7 Å². The molecule has 0 aliphatic carbocycles. The summed E-state index contributed by atoms with van der Waals surface area (Å²) in [7, 11) is 1.97.